The first-order chi connectivity index (χ1) is 17.8. The van der Waals surface area contributed by atoms with Crippen molar-refractivity contribution in [3.05, 3.63) is 42.7 Å². The highest BCUT2D eigenvalue weighted by atomic mass is 32.2. The van der Waals surface area contributed by atoms with Gasteiger partial charge in [-0.25, -0.2) is 0 Å². The lowest BCUT2D eigenvalue weighted by Crippen LogP contribution is -2.55. The Morgan fingerprint density at radius 2 is 1.49 bits per heavy atom. The maximum absolute atomic E-state index is 11.9. The van der Waals surface area contributed by atoms with Crippen LogP contribution in [0, 0.1) is 0 Å². The molecule has 4 rings (SSSR count). The number of nitrogens with zero attached hydrogens (tertiary/aromatic N) is 2. The van der Waals surface area contributed by atoms with E-state index in [1.165, 1.54) is 57.5 Å². The number of anilines is 1. The lowest BCUT2D eigenvalue weighted by Gasteiger charge is -2.39. The van der Waals surface area contributed by atoms with Crippen LogP contribution >= 0.6 is 11.8 Å². The third-order valence-electron chi connectivity index (χ3n) is 6.19. The van der Waals surface area contributed by atoms with E-state index in [4.69, 9.17) is 18.9 Å². The Morgan fingerprint density at radius 1 is 0.838 bits per heavy atom. The molecule has 0 aliphatic carbocycles. The van der Waals surface area contributed by atoms with Gasteiger partial charge in [-0.1, -0.05) is 12.1 Å². The Bertz CT molecular complexity index is 1100. The fourth-order valence-corrected chi connectivity index (χ4v) is 5.82. The lowest BCUT2D eigenvalue weighted by atomic mass is 10.1. The summed E-state index contributed by atoms with van der Waals surface area (Å²) in [6.07, 6.45) is 4.30. The molecule has 37 heavy (non-hydrogen) atoms. The molecule has 10 heteroatoms. The van der Waals surface area contributed by atoms with Crippen LogP contribution in [0.3, 0.4) is 0 Å². The molecular weight excluding hydrogens is 496 g/mol. The summed E-state index contributed by atoms with van der Waals surface area (Å²) in [4.78, 5) is 42.1. The molecule has 2 aliphatic rings. The SMILES string of the molecule is CC(=O)O[C@@H]1[C@@H](OC(C)=O)[C@@H](Oc2cncc(-c3ccc(N4CCCCC4)cc3)c2)SC[C@H]1OC(C)=O. The monoisotopic (exact) mass is 528 g/mol. The standard InChI is InChI=1S/C27H32N2O7S/c1-17(30)33-24-16-37-27(26(35-19(3)32)25(24)34-18(2)31)36-23-13-21(14-28-15-23)20-7-9-22(10-8-20)29-11-5-4-6-12-29/h7-10,13-15,24-27H,4-6,11-12,16H2,1-3H3/t24-,25+,26-,27+/m1/s1. The number of rotatable bonds is 7. The molecular formula is C27H32N2O7S. The van der Waals surface area contributed by atoms with Gasteiger partial charge in [-0.15, -0.1) is 11.8 Å². The molecule has 2 fully saturated rings. The largest absolute Gasteiger partial charge is 0.474 e. The zero-order chi connectivity index (χ0) is 26.4. The van der Waals surface area contributed by atoms with Gasteiger partial charge in [0, 0.05) is 57.1 Å². The predicted molar refractivity (Wildman–Crippen MR) is 139 cm³/mol. The van der Waals surface area contributed by atoms with Crippen molar-refractivity contribution in [1.29, 1.82) is 0 Å². The first-order valence-electron chi connectivity index (χ1n) is 12.4. The molecule has 0 spiro atoms. The van der Waals surface area contributed by atoms with Gasteiger partial charge in [0.25, 0.3) is 0 Å². The van der Waals surface area contributed by atoms with E-state index in [9.17, 15) is 14.4 Å². The van der Waals surface area contributed by atoms with E-state index in [1.54, 1.807) is 12.4 Å². The fraction of sp³-hybridized carbons (Fsp3) is 0.481. The van der Waals surface area contributed by atoms with E-state index >= 15 is 0 Å². The van der Waals surface area contributed by atoms with Crippen LogP contribution in [-0.4, -0.2) is 65.5 Å². The molecule has 0 saturated carbocycles. The third kappa shape index (κ3) is 7.15. The van der Waals surface area contributed by atoms with Crippen molar-refractivity contribution in [3.63, 3.8) is 0 Å². The molecule has 0 N–H and O–H groups in total. The minimum Gasteiger partial charge on any atom is -0.474 e. The van der Waals surface area contributed by atoms with Gasteiger partial charge >= 0.3 is 17.9 Å². The van der Waals surface area contributed by atoms with Crippen molar-refractivity contribution in [2.24, 2.45) is 0 Å². The molecule has 4 atom stereocenters. The summed E-state index contributed by atoms with van der Waals surface area (Å²) in [5.41, 5.74) is 2.38. The second-order valence-electron chi connectivity index (χ2n) is 9.12. The van der Waals surface area contributed by atoms with Crippen molar-refractivity contribution in [2.75, 3.05) is 23.7 Å². The van der Waals surface area contributed by atoms with Gasteiger partial charge in [-0.05, 0) is 43.0 Å². The number of pyridine rings is 1. The maximum Gasteiger partial charge on any atom is 0.303 e. The predicted octanol–water partition coefficient (Wildman–Crippen LogP) is 3.99. The summed E-state index contributed by atoms with van der Waals surface area (Å²) in [5, 5.41) is 0. The third-order valence-corrected chi connectivity index (χ3v) is 7.41. The van der Waals surface area contributed by atoms with Gasteiger partial charge in [0.1, 0.15) is 5.75 Å². The number of thioether (sulfide) groups is 1. The normalized spacial score (nSPS) is 23.6. The number of hydrogen-bond donors (Lipinski definition) is 0. The summed E-state index contributed by atoms with van der Waals surface area (Å²) >= 11 is 1.31. The second kappa shape index (κ2) is 12.3. The van der Waals surface area contributed by atoms with E-state index in [0.29, 0.717) is 11.5 Å². The van der Waals surface area contributed by atoms with Crippen molar-refractivity contribution < 1.29 is 33.3 Å². The van der Waals surface area contributed by atoms with E-state index in [1.807, 2.05) is 6.07 Å². The summed E-state index contributed by atoms with van der Waals surface area (Å²) < 4.78 is 22.5. The number of aromatic nitrogens is 1. The number of hydrogen-bond acceptors (Lipinski definition) is 10. The quantitative estimate of drug-likeness (QED) is 0.387. The van der Waals surface area contributed by atoms with Gasteiger partial charge in [-0.2, -0.15) is 0 Å². The molecule has 0 amide bonds. The van der Waals surface area contributed by atoms with Gasteiger partial charge in [0.15, 0.2) is 23.7 Å². The number of carbonyl (C=O) groups excluding carboxylic acids is 3. The molecule has 198 valence electrons. The molecule has 1 aromatic carbocycles. The molecule has 2 aromatic rings. The molecule has 2 aliphatic heterocycles. The second-order valence-corrected chi connectivity index (χ2v) is 10.3. The summed E-state index contributed by atoms with van der Waals surface area (Å²) in [6.45, 7) is 5.95. The zero-order valence-electron chi connectivity index (χ0n) is 21.3. The number of ether oxygens (including phenoxy) is 4. The molecule has 3 heterocycles. The van der Waals surface area contributed by atoms with Gasteiger partial charge < -0.3 is 23.8 Å². The van der Waals surface area contributed by atoms with E-state index in [-0.39, 0.29) is 0 Å². The fourth-order valence-electron chi connectivity index (χ4n) is 4.60. The summed E-state index contributed by atoms with van der Waals surface area (Å²) in [5.74, 6) is -0.904. The van der Waals surface area contributed by atoms with Crippen molar-refractivity contribution >= 4 is 35.4 Å². The van der Waals surface area contributed by atoms with Crippen LogP contribution in [0.4, 0.5) is 5.69 Å². The van der Waals surface area contributed by atoms with Gasteiger partial charge in [0.05, 0.1) is 6.20 Å². The Labute approximate surface area is 220 Å². The average Bonchev–Trinajstić information content (AvgIpc) is 2.87. The van der Waals surface area contributed by atoms with Crippen LogP contribution in [0.1, 0.15) is 40.0 Å². The van der Waals surface area contributed by atoms with Crippen molar-refractivity contribution in [2.45, 2.75) is 63.8 Å². The van der Waals surface area contributed by atoms with E-state index < -0.39 is 41.7 Å². The molecule has 9 nitrogen and oxygen atoms in total. The van der Waals surface area contributed by atoms with Crippen LogP contribution in [0.15, 0.2) is 42.7 Å². The summed E-state index contributed by atoms with van der Waals surface area (Å²) in [6, 6.07) is 10.3. The van der Waals surface area contributed by atoms with Crippen molar-refractivity contribution in [3.8, 4) is 16.9 Å². The molecule has 0 unspecified atom stereocenters. The smallest absolute Gasteiger partial charge is 0.303 e. The number of esters is 3. The highest BCUT2D eigenvalue weighted by Crippen LogP contribution is 2.35. The highest BCUT2D eigenvalue weighted by molar-refractivity contribution is 7.99. The first-order valence-corrected chi connectivity index (χ1v) is 13.5. The van der Waals surface area contributed by atoms with Crippen molar-refractivity contribution in [1.82, 2.24) is 4.98 Å². The maximum atomic E-state index is 11.9. The van der Waals surface area contributed by atoms with Crippen LogP contribution in [-0.2, 0) is 28.6 Å². The van der Waals surface area contributed by atoms with Gasteiger partial charge in [-0.3, -0.25) is 19.4 Å². The van der Waals surface area contributed by atoms with E-state index in [2.05, 4.69) is 34.1 Å². The molecule has 0 radical (unpaired) electrons. The average molecular weight is 529 g/mol. The lowest BCUT2D eigenvalue weighted by molar-refractivity contribution is -0.186. The molecule has 2 saturated heterocycles. The number of carbonyl (C=O) groups is 3. The van der Waals surface area contributed by atoms with Crippen LogP contribution < -0.4 is 9.64 Å². The molecule has 0 bridgehead atoms. The van der Waals surface area contributed by atoms with E-state index in [0.717, 1.165) is 24.2 Å². The Kier molecular flexibility index (Phi) is 8.91. The number of piperidine rings is 1. The Hall–Kier alpha value is -3.27. The zero-order valence-corrected chi connectivity index (χ0v) is 22.1. The number of benzene rings is 1. The highest BCUT2D eigenvalue weighted by Gasteiger charge is 2.47. The Morgan fingerprint density at radius 3 is 2.14 bits per heavy atom. The summed E-state index contributed by atoms with van der Waals surface area (Å²) in [7, 11) is 0. The van der Waals surface area contributed by atoms with Crippen LogP contribution in [0.2, 0.25) is 0 Å². The van der Waals surface area contributed by atoms with Gasteiger partial charge in [0.2, 0.25) is 0 Å². The Balaban J connectivity index is 1.52. The molecule has 1 aromatic heterocycles. The minimum absolute atomic E-state index is 0.297. The van der Waals surface area contributed by atoms with Crippen LogP contribution in [0.5, 0.6) is 5.75 Å². The minimum atomic E-state index is -1.00. The first kappa shape index (κ1) is 26.8. The topological polar surface area (TPSA) is 104 Å². The van der Waals surface area contributed by atoms with Crippen LogP contribution in [0.25, 0.3) is 11.1 Å².